The standard InChI is InChI=1S/C19H22N2O3/c1-13(2)24-17-7-5-4-6-16(17)21-18(22)12-20-19(23)15-10-8-14(3)9-11-15/h4-11,13H,12H2,1-3H3,(H,20,23)(H,21,22). The molecule has 0 aliphatic heterocycles. The van der Waals surface area contributed by atoms with E-state index < -0.39 is 0 Å². The number of nitrogens with one attached hydrogen (secondary N) is 2. The highest BCUT2D eigenvalue weighted by Gasteiger charge is 2.11. The van der Waals surface area contributed by atoms with Crippen LogP contribution in [0.3, 0.4) is 0 Å². The van der Waals surface area contributed by atoms with E-state index >= 15 is 0 Å². The average Bonchev–Trinajstić information content (AvgIpc) is 2.54. The Balaban J connectivity index is 1.92. The number of para-hydroxylation sites is 2. The van der Waals surface area contributed by atoms with Crippen LogP contribution in [0.4, 0.5) is 5.69 Å². The van der Waals surface area contributed by atoms with Gasteiger partial charge >= 0.3 is 0 Å². The van der Waals surface area contributed by atoms with Crippen LogP contribution in [0.25, 0.3) is 0 Å². The van der Waals surface area contributed by atoms with Crippen molar-refractivity contribution in [2.75, 3.05) is 11.9 Å². The third-order valence-corrected chi connectivity index (χ3v) is 3.25. The molecule has 0 atom stereocenters. The van der Waals surface area contributed by atoms with Gasteiger partial charge in [0.25, 0.3) is 5.91 Å². The molecule has 0 unspecified atom stereocenters. The van der Waals surface area contributed by atoms with Crippen LogP contribution in [0.2, 0.25) is 0 Å². The van der Waals surface area contributed by atoms with Gasteiger partial charge in [0.15, 0.2) is 0 Å². The van der Waals surface area contributed by atoms with Gasteiger partial charge in [-0.3, -0.25) is 9.59 Å². The largest absolute Gasteiger partial charge is 0.489 e. The number of rotatable bonds is 6. The third kappa shape index (κ3) is 5.12. The van der Waals surface area contributed by atoms with E-state index in [4.69, 9.17) is 4.74 Å². The van der Waals surface area contributed by atoms with E-state index in [1.165, 1.54) is 0 Å². The maximum absolute atomic E-state index is 12.1. The van der Waals surface area contributed by atoms with Gasteiger partial charge in [-0.25, -0.2) is 0 Å². The van der Waals surface area contributed by atoms with E-state index in [1.54, 1.807) is 24.3 Å². The van der Waals surface area contributed by atoms with Gasteiger partial charge in [0.1, 0.15) is 5.75 Å². The number of aryl methyl sites for hydroxylation is 1. The van der Waals surface area contributed by atoms with E-state index in [9.17, 15) is 9.59 Å². The lowest BCUT2D eigenvalue weighted by atomic mass is 10.1. The minimum Gasteiger partial charge on any atom is -0.489 e. The Labute approximate surface area is 142 Å². The molecule has 126 valence electrons. The van der Waals surface area contributed by atoms with Crippen LogP contribution in [0, 0.1) is 6.92 Å². The van der Waals surface area contributed by atoms with Crippen LogP contribution in [-0.4, -0.2) is 24.5 Å². The second-order valence-corrected chi connectivity index (χ2v) is 5.76. The smallest absolute Gasteiger partial charge is 0.251 e. The molecule has 0 bridgehead atoms. The zero-order valence-electron chi connectivity index (χ0n) is 14.1. The van der Waals surface area contributed by atoms with Crippen molar-refractivity contribution in [2.24, 2.45) is 0 Å². The highest BCUT2D eigenvalue weighted by Crippen LogP contribution is 2.24. The molecular formula is C19H22N2O3. The van der Waals surface area contributed by atoms with Gasteiger partial charge in [-0.1, -0.05) is 29.8 Å². The maximum atomic E-state index is 12.1. The van der Waals surface area contributed by atoms with Crippen molar-refractivity contribution in [3.63, 3.8) is 0 Å². The number of ether oxygens (including phenoxy) is 1. The fraction of sp³-hybridized carbons (Fsp3) is 0.263. The molecule has 5 nitrogen and oxygen atoms in total. The van der Waals surface area contributed by atoms with Crippen molar-refractivity contribution in [3.8, 4) is 5.75 Å². The molecule has 0 radical (unpaired) electrons. The molecule has 2 N–H and O–H groups in total. The summed E-state index contributed by atoms with van der Waals surface area (Å²) in [5.41, 5.74) is 2.18. The summed E-state index contributed by atoms with van der Waals surface area (Å²) >= 11 is 0. The first-order valence-electron chi connectivity index (χ1n) is 7.86. The summed E-state index contributed by atoms with van der Waals surface area (Å²) in [6, 6.07) is 14.4. The molecule has 0 aliphatic carbocycles. The Morgan fingerprint density at radius 2 is 1.71 bits per heavy atom. The molecule has 2 aromatic rings. The molecule has 0 heterocycles. The number of benzene rings is 2. The molecular weight excluding hydrogens is 304 g/mol. The van der Waals surface area contributed by atoms with Crippen molar-refractivity contribution in [1.82, 2.24) is 5.32 Å². The zero-order valence-corrected chi connectivity index (χ0v) is 14.1. The van der Waals surface area contributed by atoms with Crippen LogP contribution in [0.15, 0.2) is 48.5 Å². The SMILES string of the molecule is Cc1ccc(C(=O)NCC(=O)Nc2ccccc2OC(C)C)cc1. The predicted molar refractivity (Wildman–Crippen MR) is 94.3 cm³/mol. The molecule has 0 fully saturated rings. The van der Waals surface area contributed by atoms with Gasteiger partial charge in [0, 0.05) is 5.56 Å². The molecule has 2 aromatic carbocycles. The van der Waals surface area contributed by atoms with E-state index in [0.29, 0.717) is 17.0 Å². The summed E-state index contributed by atoms with van der Waals surface area (Å²) in [5.74, 6) is 0.0119. The van der Waals surface area contributed by atoms with Gasteiger partial charge in [-0.2, -0.15) is 0 Å². The van der Waals surface area contributed by atoms with Gasteiger partial charge in [-0.05, 0) is 45.0 Å². The van der Waals surface area contributed by atoms with Crippen molar-refractivity contribution in [2.45, 2.75) is 26.9 Å². The first kappa shape index (κ1) is 17.5. The average molecular weight is 326 g/mol. The fourth-order valence-corrected chi connectivity index (χ4v) is 2.09. The topological polar surface area (TPSA) is 67.4 Å². The van der Waals surface area contributed by atoms with E-state index in [0.717, 1.165) is 5.56 Å². The predicted octanol–water partition coefficient (Wildman–Crippen LogP) is 3.15. The Morgan fingerprint density at radius 3 is 2.38 bits per heavy atom. The van der Waals surface area contributed by atoms with E-state index in [1.807, 2.05) is 45.0 Å². The normalized spacial score (nSPS) is 10.3. The molecule has 2 rings (SSSR count). The molecule has 2 amide bonds. The summed E-state index contributed by atoms with van der Waals surface area (Å²) < 4.78 is 5.65. The van der Waals surface area contributed by atoms with Gasteiger partial charge < -0.3 is 15.4 Å². The van der Waals surface area contributed by atoms with Crippen LogP contribution >= 0.6 is 0 Å². The van der Waals surface area contributed by atoms with Gasteiger partial charge in [-0.15, -0.1) is 0 Å². The number of hydrogen-bond donors (Lipinski definition) is 2. The number of anilines is 1. The second kappa shape index (κ2) is 8.15. The minimum atomic E-state index is -0.310. The Bertz CT molecular complexity index is 709. The first-order chi connectivity index (χ1) is 11.5. The van der Waals surface area contributed by atoms with Crippen LogP contribution < -0.4 is 15.4 Å². The number of amides is 2. The molecule has 24 heavy (non-hydrogen) atoms. The number of carbonyl (C=O) groups excluding carboxylic acids is 2. The fourth-order valence-electron chi connectivity index (χ4n) is 2.09. The Kier molecular flexibility index (Phi) is 5.95. The van der Waals surface area contributed by atoms with Crippen LogP contribution in [0.5, 0.6) is 5.75 Å². The first-order valence-corrected chi connectivity index (χ1v) is 7.86. The summed E-state index contributed by atoms with van der Waals surface area (Å²) in [4.78, 5) is 24.1. The molecule has 0 aliphatic rings. The van der Waals surface area contributed by atoms with Crippen molar-refractivity contribution >= 4 is 17.5 Å². The van der Waals surface area contributed by atoms with Gasteiger partial charge in [0.05, 0.1) is 18.3 Å². The van der Waals surface area contributed by atoms with Crippen molar-refractivity contribution in [1.29, 1.82) is 0 Å². The van der Waals surface area contributed by atoms with E-state index in [2.05, 4.69) is 10.6 Å². The number of carbonyl (C=O) groups is 2. The van der Waals surface area contributed by atoms with E-state index in [-0.39, 0.29) is 24.5 Å². The van der Waals surface area contributed by atoms with Gasteiger partial charge in [0.2, 0.25) is 5.91 Å². The molecule has 0 saturated heterocycles. The molecule has 5 heteroatoms. The zero-order chi connectivity index (χ0) is 17.5. The molecule has 0 aromatic heterocycles. The highest BCUT2D eigenvalue weighted by molar-refractivity contribution is 5.99. The van der Waals surface area contributed by atoms with Crippen LogP contribution in [-0.2, 0) is 4.79 Å². The van der Waals surface area contributed by atoms with Crippen molar-refractivity contribution in [3.05, 3.63) is 59.7 Å². The monoisotopic (exact) mass is 326 g/mol. The van der Waals surface area contributed by atoms with Crippen LogP contribution in [0.1, 0.15) is 29.8 Å². The maximum Gasteiger partial charge on any atom is 0.251 e. The lowest BCUT2D eigenvalue weighted by Crippen LogP contribution is -2.33. The second-order valence-electron chi connectivity index (χ2n) is 5.76. The molecule has 0 spiro atoms. The lowest BCUT2D eigenvalue weighted by Gasteiger charge is -2.15. The summed E-state index contributed by atoms with van der Waals surface area (Å²) in [5, 5.41) is 5.36. The number of hydrogen-bond acceptors (Lipinski definition) is 3. The summed E-state index contributed by atoms with van der Waals surface area (Å²) in [6.07, 6.45) is 0.00397. The summed E-state index contributed by atoms with van der Waals surface area (Å²) in [7, 11) is 0. The summed E-state index contributed by atoms with van der Waals surface area (Å²) in [6.45, 7) is 5.68. The minimum absolute atomic E-state index is 0.00397. The molecule has 0 saturated carbocycles. The lowest BCUT2D eigenvalue weighted by molar-refractivity contribution is -0.115. The third-order valence-electron chi connectivity index (χ3n) is 3.25. The highest BCUT2D eigenvalue weighted by atomic mass is 16.5. The van der Waals surface area contributed by atoms with Crippen molar-refractivity contribution < 1.29 is 14.3 Å². The quantitative estimate of drug-likeness (QED) is 0.857. The Hall–Kier alpha value is -2.82. The Morgan fingerprint density at radius 1 is 1.04 bits per heavy atom.